The van der Waals surface area contributed by atoms with Gasteiger partial charge in [0.1, 0.15) is 0 Å². The summed E-state index contributed by atoms with van der Waals surface area (Å²) < 4.78 is 0. The van der Waals surface area contributed by atoms with Crippen LogP contribution in [-0.2, 0) is 4.79 Å². The predicted octanol–water partition coefficient (Wildman–Crippen LogP) is -0.507. The Labute approximate surface area is 103 Å². The first-order valence-electron chi connectivity index (χ1n) is 5.35. The first-order chi connectivity index (χ1) is 8.52. The summed E-state index contributed by atoms with van der Waals surface area (Å²) in [5.74, 6) is -2.19. The summed E-state index contributed by atoms with van der Waals surface area (Å²) in [6.45, 7) is 0.331. The lowest BCUT2D eigenvalue weighted by Crippen LogP contribution is -2.26. The summed E-state index contributed by atoms with van der Waals surface area (Å²) in [5.41, 5.74) is 4.56. The van der Waals surface area contributed by atoms with E-state index in [9.17, 15) is 14.4 Å². The molecular weight excluding hydrogens is 240 g/mol. The largest absolute Gasteiger partial charge is 0.477 e. The number of aromatic carboxylic acids is 1. The Bertz CT molecular complexity index is 454. The number of carbonyl (C=O) groups is 3. The molecule has 98 valence electrons. The maximum Gasteiger partial charge on any atom is 0.354 e. The Balaban J connectivity index is 2.39. The molecule has 1 aromatic rings. The van der Waals surface area contributed by atoms with Crippen LogP contribution in [0.25, 0.3) is 0 Å². The number of hydrogen-bond acceptors (Lipinski definition) is 4. The number of nitrogens with two attached hydrogens (primary N) is 1. The van der Waals surface area contributed by atoms with Gasteiger partial charge in [-0.1, -0.05) is 0 Å². The standard InChI is InChI=1S/C10H14N4O4/c11-6(15)3-1-2-4-12-9(16)7-8(10(17)18)14-5-13-7/h5H,1-4H2,(H2,11,15)(H,12,16)(H,13,14)(H,17,18). The van der Waals surface area contributed by atoms with E-state index in [1.54, 1.807) is 0 Å². The summed E-state index contributed by atoms with van der Waals surface area (Å²) in [4.78, 5) is 38.8. The number of imidazole rings is 1. The Kier molecular flexibility index (Phi) is 4.85. The number of H-pyrrole nitrogens is 1. The lowest BCUT2D eigenvalue weighted by Gasteiger charge is -2.03. The fraction of sp³-hybridized carbons (Fsp3) is 0.400. The number of aromatic nitrogens is 2. The van der Waals surface area contributed by atoms with Crippen molar-refractivity contribution in [1.29, 1.82) is 0 Å². The second kappa shape index (κ2) is 6.38. The minimum absolute atomic E-state index is 0.155. The highest BCUT2D eigenvalue weighted by molar-refractivity contribution is 6.02. The smallest absolute Gasteiger partial charge is 0.354 e. The van der Waals surface area contributed by atoms with E-state index in [0.717, 1.165) is 6.33 Å². The summed E-state index contributed by atoms with van der Waals surface area (Å²) in [7, 11) is 0. The van der Waals surface area contributed by atoms with Gasteiger partial charge in [-0.3, -0.25) is 9.59 Å². The number of carboxylic acids is 1. The molecule has 18 heavy (non-hydrogen) atoms. The molecule has 1 aromatic heterocycles. The van der Waals surface area contributed by atoms with Gasteiger partial charge in [-0.25, -0.2) is 9.78 Å². The van der Waals surface area contributed by atoms with Gasteiger partial charge in [-0.15, -0.1) is 0 Å². The maximum absolute atomic E-state index is 11.6. The molecule has 0 atom stereocenters. The first-order valence-corrected chi connectivity index (χ1v) is 5.35. The molecule has 1 heterocycles. The molecule has 1 rings (SSSR count). The van der Waals surface area contributed by atoms with Crippen molar-refractivity contribution in [3.63, 3.8) is 0 Å². The highest BCUT2D eigenvalue weighted by Gasteiger charge is 2.18. The zero-order chi connectivity index (χ0) is 13.5. The number of unbranched alkanes of at least 4 members (excludes halogenated alkanes) is 1. The molecule has 0 aliphatic rings. The third-order valence-electron chi connectivity index (χ3n) is 2.20. The number of rotatable bonds is 7. The number of nitrogens with one attached hydrogen (secondary N) is 2. The Morgan fingerprint density at radius 3 is 2.72 bits per heavy atom. The van der Waals surface area contributed by atoms with Gasteiger partial charge in [0.25, 0.3) is 5.91 Å². The van der Waals surface area contributed by atoms with Crippen LogP contribution in [0.5, 0.6) is 0 Å². The van der Waals surface area contributed by atoms with Crippen molar-refractivity contribution in [1.82, 2.24) is 15.3 Å². The average Bonchev–Trinajstić information content (AvgIpc) is 2.76. The van der Waals surface area contributed by atoms with Gasteiger partial charge >= 0.3 is 5.97 Å². The van der Waals surface area contributed by atoms with Gasteiger partial charge in [0.2, 0.25) is 5.91 Å². The molecule has 0 saturated carbocycles. The van der Waals surface area contributed by atoms with E-state index >= 15 is 0 Å². The third kappa shape index (κ3) is 3.89. The van der Waals surface area contributed by atoms with Gasteiger partial charge in [0, 0.05) is 13.0 Å². The number of hydrogen-bond donors (Lipinski definition) is 4. The number of carboxylic acid groups (broad SMARTS) is 1. The fourth-order valence-electron chi connectivity index (χ4n) is 1.34. The summed E-state index contributed by atoms with van der Waals surface area (Å²) in [6, 6.07) is 0. The Morgan fingerprint density at radius 2 is 2.11 bits per heavy atom. The van der Waals surface area contributed by atoms with Crippen molar-refractivity contribution < 1.29 is 19.5 Å². The topological polar surface area (TPSA) is 138 Å². The van der Waals surface area contributed by atoms with E-state index in [4.69, 9.17) is 10.8 Å². The number of carbonyl (C=O) groups excluding carboxylic acids is 2. The molecule has 0 radical (unpaired) electrons. The van der Waals surface area contributed by atoms with E-state index in [-0.39, 0.29) is 23.7 Å². The second-order valence-electron chi connectivity index (χ2n) is 3.61. The van der Waals surface area contributed by atoms with Gasteiger partial charge in [0.15, 0.2) is 11.4 Å². The van der Waals surface area contributed by atoms with Gasteiger partial charge in [0.05, 0.1) is 6.33 Å². The summed E-state index contributed by atoms with van der Waals surface area (Å²) >= 11 is 0. The molecule has 0 saturated heterocycles. The molecule has 8 nitrogen and oxygen atoms in total. The zero-order valence-electron chi connectivity index (χ0n) is 9.60. The van der Waals surface area contributed by atoms with Crippen LogP contribution in [0.2, 0.25) is 0 Å². The van der Waals surface area contributed by atoms with E-state index in [1.807, 2.05) is 0 Å². The molecular formula is C10H14N4O4. The van der Waals surface area contributed by atoms with Crippen molar-refractivity contribution in [3.05, 3.63) is 17.7 Å². The van der Waals surface area contributed by atoms with Crippen LogP contribution in [0.4, 0.5) is 0 Å². The van der Waals surface area contributed by atoms with Crippen LogP contribution in [0.15, 0.2) is 6.33 Å². The van der Waals surface area contributed by atoms with Crippen LogP contribution in [-0.4, -0.2) is 39.4 Å². The SMILES string of the molecule is NC(=O)CCCCNC(=O)c1nc[nH]c1C(=O)O. The molecule has 0 spiro atoms. The maximum atomic E-state index is 11.6. The second-order valence-corrected chi connectivity index (χ2v) is 3.61. The molecule has 0 aromatic carbocycles. The van der Waals surface area contributed by atoms with Crippen molar-refractivity contribution in [2.24, 2.45) is 5.73 Å². The van der Waals surface area contributed by atoms with Gasteiger partial charge in [-0.2, -0.15) is 0 Å². The van der Waals surface area contributed by atoms with Gasteiger partial charge in [-0.05, 0) is 12.8 Å². The van der Waals surface area contributed by atoms with E-state index < -0.39 is 11.9 Å². The first kappa shape index (κ1) is 13.7. The minimum Gasteiger partial charge on any atom is -0.477 e. The quantitative estimate of drug-likeness (QED) is 0.485. The Morgan fingerprint density at radius 1 is 1.39 bits per heavy atom. The molecule has 8 heteroatoms. The van der Waals surface area contributed by atoms with Crippen LogP contribution < -0.4 is 11.1 Å². The van der Waals surface area contributed by atoms with Crippen LogP contribution in [0.3, 0.4) is 0 Å². The number of aromatic amines is 1. The monoisotopic (exact) mass is 254 g/mol. The molecule has 0 aliphatic heterocycles. The third-order valence-corrected chi connectivity index (χ3v) is 2.20. The van der Waals surface area contributed by atoms with Crippen molar-refractivity contribution in [2.45, 2.75) is 19.3 Å². The average molecular weight is 254 g/mol. The van der Waals surface area contributed by atoms with E-state index in [1.165, 1.54) is 0 Å². The Hall–Kier alpha value is -2.38. The van der Waals surface area contributed by atoms with Crippen molar-refractivity contribution >= 4 is 17.8 Å². The number of primary amides is 1. The minimum atomic E-state index is -1.24. The van der Waals surface area contributed by atoms with Crippen molar-refractivity contribution in [3.8, 4) is 0 Å². The zero-order valence-corrected chi connectivity index (χ0v) is 9.60. The summed E-state index contributed by atoms with van der Waals surface area (Å²) in [5, 5.41) is 11.3. The molecule has 0 unspecified atom stereocenters. The fourth-order valence-corrected chi connectivity index (χ4v) is 1.34. The van der Waals surface area contributed by atoms with Crippen LogP contribution in [0.1, 0.15) is 40.2 Å². The highest BCUT2D eigenvalue weighted by atomic mass is 16.4. The highest BCUT2D eigenvalue weighted by Crippen LogP contribution is 2.02. The summed E-state index contributed by atoms with van der Waals surface area (Å²) in [6.07, 6.45) is 2.56. The van der Waals surface area contributed by atoms with Crippen molar-refractivity contribution in [2.75, 3.05) is 6.54 Å². The van der Waals surface area contributed by atoms with Crippen LogP contribution >= 0.6 is 0 Å². The predicted molar refractivity (Wildman–Crippen MR) is 60.9 cm³/mol. The molecule has 5 N–H and O–H groups in total. The molecule has 0 aliphatic carbocycles. The lowest BCUT2D eigenvalue weighted by atomic mass is 10.2. The van der Waals surface area contributed by atoms with E-state index in [0.29, 0.717) is 19.4 Å². The number of nitrogens with zero attached hydrogens (tertiary/aromatic N) is 1. The van der Waals surface area contributed by atoms with Crippen LogP contribution in [0, 0.1) is 0 Å². The normalized spacial score (nSPS) is 10.0. The lowest BCUT2D eigenvalue weighted by molar-refractivity contribution is -0.118. The van der Waals surface area contributed by atoms with Gasteiger partial charge < -0.3 is 21.1 Å². The molecule has 0 fully saturated rings. The molecule has 2 amide bonds. The van der Waals surface area contributed by atoms with E-state index in [2.05, 4.69) is 15.3 Å². The number of amides is 2. The molecule has 0 bridgehead atoms.